The first-order valence-electron chi connectivity index (χ1n) is 7.33. The quantitative estimate of drug-likeness (QED) is 0.699. The molecule has 1 aliphatic heterocycles. The van der Waals surface area contributed by atoms with Crippen LogP contribution in [0.1, 0.15) is 32.6 Å². The summed E-state index contributed by atoms with van der Waals surface area (Å²) >= 11 is 4.31. The zero-order valence-corrected chi connectivity index (χ0v) is 12.2. The van der Waals surface area contributed by atoms with Gasteiger partial charge in [-0.05, 0) is 49.8 Å². The highest BCUT2D eigenvalue weighted by atomic mass is 32.1. The van der Waals surface area contributed by atoms with E-state index in [0.29, 0.717) is 0 Å². The number of nitrogens with zero attached hydrogens (tertiary/aromatic N) is 2. The predicted octanol–water partition coefficient (Wildman–Crippen LogP) is 2.36. The Kier molecular flexibility index (Phi) is 5.64. The van der Waals surface area contributed by atoms with Gasteiger partial charge < -0.3 is 9.80 Å². The lowest BCUT2D eigenvalue weighted by Gasteiger charge is -2.35. The second-order valence-corrected chi connectivity index (χ2v) is 6.44. The monoisotopic (exact) mass is 256 g/mol. The van der Waals surface area contributed by atoms with Gasteiger partial charge in [-0.1, -0.05) is 6.92 Å². The summed E-state index contributed by atoms with van der Waals surface area (Å²) < 4.78 is 0. The van der Waals surface area contributed by atoms with Crippen LogP contribution in [0.15, 0.2) is 0 Å². The molecule has 0 N–H and O–H groups in total. The minimum absolute atomic E-state index is 0.844. The Labute approximate surface area is 112 Å². The van der Waals surface area contributed by atoms with E-state index in [1.54, 1.807) is 0 Å². The molecule has 0 aromatic carbocycles. The van der Waals surface area contributed by atoms with Crippen LogP contribution in [-0.2, 0) is 0 Å². The smallest absolute Gasteiger partial charge is 0.0110 e. The summed E-state index contributed by atoms with van der Waals surface area (Å²) in [7, 11) is 0. The molecule has 0 aromatic rings. The van der Waals surface area contributed by atoms with Crippen molar-refractivity contribution in [2.45, 2.75) is 32.6 Å². The fourth-order valence-corrected chi connectivity index (χ4v) is 3.07. The van der Waals surface area contributed by atoms with Gasteiger partial charge in [-0.25, -0.2) is 0 Å². The molecule has 2 nitrogen and oxygen atoms in total. The zero-order valence-electron chi connectivity index (χ0n) is 11.3. The summed E-state index contributed by atoms with van der Waals surface area (Å²) in [5.74, 6) is 2.94. The summed E-state index contributed by atoms with van der Waals surface area (Å²) in [4.78, 5) is 5.32. The number of rotatable bonds is 7. The van der Waals surface area contributed by atoms with Crippen molar-refractivity contribution in [3.63, 3.8) is 0 Å². The van der Waals surface area contributed by atoms with Crippen molar-refractivity contribution in [3.8, 4) is 0 Å². The van der Waals surface area contributed by atoms with Gasteiger partial charge in [-0.15, -0.1) is 0 Å². The number of piperazine rings is 1. The minimum atomic E-state index is 0.844. The van der Waals surface area contributed by atoms with Crippen LogP contribution >= 0.6 is 12.6 Å². The largest absolute Gasteiger partial charge is 0.301 e. The Bertz CT molecular complexity index is 210. The average Bonchev–Trinajstić information content (AvgIpc) is 3.13. The molecular weight excluding hydrogens is 228 g/mol. The highest BCUT2D eigenvalue weighted by Crippen LogP contribution is 2.29. The highest BCUT2D eigenvalue weighted by Gasteiger charge is 2.26. The van der Waals surface area contributed by atoms with Crippen molar-refractivity contribution in [3.05, 3.63) is 0 Å². The lowest BCUT2D eigenvalue weighted by atomic mass is 10.0. The van der Waals surface area contributed by atoms with E-state index in [1.165, 1.54) is 65.0 Å². The van der Waals surface area contributed by atoms with E-state index >= 15 is 0 Å². The van der Waals surface area contributed by atoms with Gasteiger partial charge in [0.05, 0.1) is 0 Å². The van der Waals surface area contributed by atoms with Crippen LogP contribution in [-0.4, -0.2) is 54.8 Å². The van der Waals surface area contributed by atoms with Crippen molar-refractivity contribution in [1.82, 2.24) is 9.80 Å². The molecule has 2 aliphatic rings. The van der Waals surface area contributed by atoms with Crippen LogP contribution < -0.4 is 0 Å². The zero-order chi connectivity index (χ0) is 12.1. The average molecular weight is 256 g/mol. The van der Waals surface area contributed by atoms with Crippen molar-refractivity contribution in [1.29, 1.82) is 0 Å². The minimum Gasteiger partial charge on any atom is -0.301 e. The van der Waals surface area contributed by atoms with E-state index in [-0.39, 0.29) is 0 Å². The molecule has 0 radical (unpaired) electrons. The Hall–Kier alpha value is 0.270. The first kappa shape index (κ1) is 13.7. The van der Waals surface area contributed by atoms with E-state index in [9.17, 15) is 0 Å². The number of hydrogen-bond acceptors (Lipinski definition) is 3. The summed E-state index contributed by atoms with van der Waals surface area (Å²) in [6.45, 7) is 10.2. The fraction of sp³-hybridized carbons (Fsp3) is 1.00. The third-order valence-electron chi connectivity index (χ3n) is 4.24. The second kappa shape index (κ2) is 7.01. The van der Waals surface area contributed by atoms with Gasteiger partial charge in [0.25, 0.3) is 0 Å². The molecule has 0 amide bonds. The van der Waals surface area contributed by atoms with E-state index in [1.807, 2.05) is 0 Å². The van der Waals surface area contributed by atoms with Crippen molar-refractivity contribution >= 4 is 12.6 Å². The molecule has 17 heavy (non-hydrogen) atoms. The maximum atomic E-state index is 4.31. The topological polar surface area (TPSA) is 6.48 Å². The maximum Gasteiger partial charge on any atom is 0.0110 e. The molecule has 2 rings (SSSR count). The van der Waals surface area contributed by atoms with Crippen LogP contribution in [0.5, 0.6) is 0 Å². The first-order valence-corrected chi connectivity index (χ1v) is 7.96. The van der Waals surface area contributed by atoms with E-state index < -0.39 is 0 Å². The highest BCUT2D eigenvalue weighted by molar-refractivity contribution is 7.80. The SMILES string of the molecule is CC(CCS)CCN1CCN(CC2CC2)CC1. The molecule has 1 saturated heterocycles. The van der Waals surface area contributed by atoms with Gasteiger partial charge in [-0.2, -0.15) is 12.6 Å². The van der Waals surface area contributed by atoms with Crippen molar-refractivity contribution in [2.75, 3.05) is 45.0 Å². The number of thiol groups is 1. The molecule has 100 valence electrons. The Morgan fingerprint density at radius 2 is 1.71 bits per heavy atom. The van der Waals surface area contributed by atoms with E-state index in [4.69, 9.17) is 0 Å². The van der Waals surface area contributed by atoms with Gasteiger partial charge in [0.15, 0.2) is 0 Å². The van der Waals surface area contributed by atoms with Gasteiger partial charge in [0.2, 0.25) is 0 Å². The molecule has 2 fully saturated rings. The van der Waals surface area contributed by atoms with Crippen LogP contribution in [0.25, 0.3) is 0 Å². The van der Waals surface area contributed by atoms with Gasteiger partial charge in [0.1, 0.15) is 0 Å². The van der Waals surface area contributed by atoms with Crippen LogP contribution in [0, 0.1) is 11.8 Å². The second-order valence-electron chi connectivity index (χ2n) is 5.99. The Morgan fingerprint density at radius 1 is 1.06 bits per heavy atom. The molecule has 0 bridgehead atoms. The van der Waals surface area contributed by atoms with Crippen LogP contribution in [0.2, 0.25) is 0 Å². The molecule has 1 atom stereocenters. The molecule has 0 aromatic heterocycles. The third kappa shape index (κ3) is 5.19. The van der Waals surface area contributed by atoms with Gasteiger partial charge >= 0.3 is 0 Å². The Morgan fingerprint density at radius 3 is 2.29 bits per heavy atom. The molecule has 1 aliphatic carbocycles. The van der Waals surface area contributed by atoms with Crippen molar-refractivity contribution < 1.29 is 0 Å². The third-order valence-corrected chi connectivity index (χ3v) is 4.50. The van der Waals surface area contributed by atoms with Gasteiger partial charge in [-0.3, -0.25) is 0 Å². The molecule has 1 saturated carbocycles. The first-order chi connectivity index (χ1) is 8.28. The Balaban J connectivity index is 1.55. The van der Waals surface area contributed by atoms with Crippen LogP contribution in [0.4, 0.5) is 0 Å². The molecule has 1 heterocycles. The predicted molar refractivity (Wildman–Crippen MR) is 77.9 cm³/mol. The normalized spacial score (nSPS) is 25.1. The summed E-state index contributed by atoms with van der Waals surface area (Å²) in [5.41, 5.74) is 0. The summed E-state index contributed by atoms with van der Waals surface area (Å²) in [6.07, 6.45) is 5.59. The fourth-order valence-electron chi connectivity index (χ4n) is 2.63. The van der Waals surface area contributed by atoms with Gasteiger partial charge in [0, 0.05) is 32.7 Å². The molecule has 3 heteroatoms. The summed E-state index contributed by atoms with van der Waals surface area (Å²) in [5, 5.41) is 0. The molecule has 0 spiro atoms. The standard InChI is InChI=1S/C14H28N2S/c1-13(5-11-17)4-6-15-7-9-16(10-8-15)12-14-2-3-14/h13-14,17H,2-12H2,1H3. The van der Waals surface area contributed by atoms with E-state index in [0.717, 1.165) is 17.6 Å². The molecule has 1 unspecified atom stereocenters. The number of hydrogen-bond donors (Lipinski definition) is 1. The molecular formula is C14H28N2S. The van der Waals surface area contributed by atoms with E-state index in [2.05, 4.69) is 29.4 Å². The maximum absolute atomic E-state index is 4.31. The lowest BCUT2D eigenvalue weighted by molar-refractivity contribution is 0.123. The summed E-state index contributed by atoms with van der Waals surface area (Å²) in [6, 6.07) is 0. The van der Waals surface area contributed by atoms with Crippen LogP contribution in [0.3, 0.4) is 0 Å². The lowest BCUT2D eigenvalue weighted by Crippen LogP contribution is -2.47. The van der Waals surface area contributed by atoms with Crippen molar-refractivity contribution in [2.24, 2.45) is 11.8 Å².